The summed E-state index contributed by atoms with van der Waals surface area (Å²) >= 11 is 8.76. The van der Waals surface area contributed by atoms with Crippen molar-refractivity contribution >= 4 is 56.5 Å². The maximum Gasteiger partial charge on any atom is 0.262 e. The summed E-state index contributed by atoms with van der Waals surface area (Å²) in [5, 5.41) is 3.97. The summed E-state index contributed by atoms with van der Waals surface area (Å²) in [6.07, 6.45) is 0.348. The number of benzene rings is 1. The maximum atomic E-state index is 12.0. The number of fused-ring (bicyclic) bond motifs is 3. The Labute approximate surface area is 129 Å². The number of alkyl halides is 1. The van der Waals surface area contributed by atoms with E-state index in [4.69, 9.17) is 11.6 Å². The summed E-state index contributed by atoms with van der Waals surface area (Å²) in [7, 11) is 0. The van der Waals surface area contributed by atoms with Crippen molar-refractivity contribution in [2.45, 2.75) is 11.3 Å². The zero-order chi connectivity index (χ0) is 14.1. The van der Waals surface area contributed by atoms with Crippen molar-refractivity contribution in [3.8, 4) is 0 Å². The number of nitrogens with one attached hydrogen (secondary N) is 1. The van der Waals surface area contributed by atoms with E-state index in [1.807, 2.05) is 18.2 Å². The predicted octanol–water partition coefficient (Wildman–Crippen LogP) is 3.09. The lowest BCUT2D eigenvalue weighted by Crippen LogP contribution is -2.22. The number of thiophene rings is 1. The number of halogens is 1. The molecule has 1 N–H and O–H groups in total. The molecule has 104 valence electrons. The molecule has 1 aliphatic rings. The molecule has 0 radical (unpaired) electrons. The average Bonchev–Trinajstić information content (AvgIpc) is 2.71. The Bertz CT molecular complexity index is 696. The summed E-state index contributed by atoms with van der Waals surface area (Å²) in [6, 6.07) is 5.94. The lowest BCUT2D eigenvalue weighted by Gasteiger charge is -2.01. The highest BCUT2D eigenvalue weighted by Gasteiger charge is 2.21. The van der Waals surface area contributed by atoms with Gasteiger partial charge in [-0.15, -0.1) is 34.7 Å². The average molecular weight is 326 g/mol. The largest absolute Gasteiger partial charge is 0.350 e. The predicted molar refractivity (Wildman–Crippen MR) is 84.3 cm³/mol. The van der Waals surface area contributed by atoms with E-state index < -0.39 is 0 Å². The molecule has 1 aromatic heterocycles. The minimum atomic E-state index is 0.00424. The molecule has 0 unspecified atom stereocenters. The van der Waals surface area contributed by atoms with Gasteiger partial charge in [-0.3, -0.25) is 9.59 Å². The van der Waals surface area contributed by atoms with E-state index in [1.54, 1.807) is 11.8 Å². The number of carbonyl (C=O) groups excluding carboxylic acids is 2. The van der Waals surface area contributed by atoms with Crippen molar-refractivity contribution in [1.29, 1.82) is 0 Å². The normalized spacial score (nSPS) is 14.8. The van der Waals surface area contributed by atoms with Crippen LogP contribution in [0.2, 0.25) is 0 Å². The highest BCUT2D eigenvalue weighted by atomic mass is 35.5. The molecule has 6 heteroatoms. The molecule has 0 atom stereocenters. The number of ketones is 1. The number of carbonyl (C=O) groups is 2. The first-order valence-corrected chi connectivity index (χ1v) is 8.57. The van der Waals surface area contributed by atoms with Gasteiger partial charge in [-0.1, -0.05) is 6.07 Å². The van der Waals surface area contributed by atoms with E-state index in [-0.39, 0.29) is 17.6 Å². The van der Waals surface area contributed by atoms with Crippen molar-refractivity contribution in [3.63, 3.8) is 0 Å². The molecule has 0 fully saturated rings. The van der Waals surface area contributed by atoms with Crippen LogP contribution in [0.3, 0.4) is 0 Å². The van der Waals surface area contributed by atoms with E-state index in [1.165, 1.54) is 11.3 Å². The SMILES string of the molecule is O=C(CCl)Cc1ccc2sc3c(c2c1)SCCNC3=O. The van der Waals surface area contributed by atoms with Gasteiger partial charge < -0.3 is 5.32 Å². The number of hydrogen-bond donors (Lipinski definition) is 1. The second-order valence-electron chi connectivity index (χ2n) is 4.54. The maximum absolute atomic E-state index is 12.0. The first-order valence-electron chi connectivity index (χ1n) is 6.23. The second kappa shape index (κ2) is 5.76. The van der Waals surface area contributed by atoms with Crippen LogP contribution in [-0.4, -0.2) is 29.9 Å². The smallest absolute Gasteiger partial charge is 0.262 e. The Morgan fingerprint density at radius 2 is 2.25 bits per heavy atom. The van der Waals surface area contributed by atoms with Gasteiger partial charge in [-0.05, 0) is 17.7 Å². The van der Waals surface area contributed by atoms with Crippen LogP contribution in [0.1, 0.15) is 15.2 Å². The van der Waals surface area contributed by atoms with Gasteiger partial charge in [0.05, 0.1) is 5.88 Å². The van der Waals surface area contributed by atoms with Gasteiger partial charge >= 0.3 is 0 Å². The van der Waals surface area contributed by atoms with Crippen LogP contribution in [0.25, 0.3) is 10.1 Å². The lowest BCUT2D eigenvalue weighted by atomic mass is 10.1. The number of hydrogen-bond acceptors (Lipinski definition) is 4. The number of Topliss-reactive ketones (excluding diaryl/α,β-unsaturated/α-hetero) is 1. The zero-order valence-corrected chi connectivity index (χ0v) is 13.0. The van der Waals surface area contributed by atoms with Gasteiger partial charge in [0.15, 0.2) is 5.78 Å². The van der Waals surface area contributed by atoms with Crippen molar-refractivity contribution in [2.24, 2.45) is 0 Å². The summed E-state index contributed by atoms with van der Waals surface area (Å²) in [5.74, 6) is 0.925. The third-order valence-corrected chi connectivity index (χ3v) is 5.82. The Balaban J connectivity index is 2.07. The molecule has 1 aliphatic heterocycles. The molecule has 0 bridgehead atoms. The Morgan fingerprint density at radius 1 is 1.40 bits per heavy atom. The fraction of sp³-hybridized carbons (Fsp3) is 0.286. The third-order valence-electron chi connectivity index (χ3n) is 3.10. The first kappa shape index (κ1) is 13.9. The summed E-state index contributed by atoms with van der Waals surface area (Å²) < 4.78 is 1.08. The Morgan fingerprint density at radius 3 is 3.05 bits per heavy atom. The summed E-state index contributed by atoms with van der Waals surface area (Å²) in [4.78, 5) is 25.3. The molecule has 0 saturated carbocycles. The lowest BCUT2D eigenvalue weighted by molar-refractivity contribution is -0.116. The number of thioether (sulfide) groups is 1. The summed E-state index contributed by atoms with van der Waals surface area (Å²) in [6.45, 7) is 0.691. The molecule has 0 saturated heterocycles. The molecule has 3 rings (SSSR count). The monoisotopic (exact) mass is 325 g/mol. The minimum absolute atomic E-state index is 0.00424. The fourth-order valence-electron chi connectivity index (χ4n) is 2.20. The Kier molecular flexibility index (Phi) is 4.01. The van der Waals surface area contributed by atoms with Crippen LogP contribution in [-0.2, 0) is 11.2 Å². The van der Waals surface area contributed by atoms with Crippen LogP contribution in [0.5, 0.6) is 0 Å². The quantitative estimate of drug-likeness (QED) is 0.882. The number of amides is 1. The Hall–Kier alpha value is -1.04. The van der Waals surface area contributed by atoms with Gasteiger partial charge in [0.1, 0.15) is 4.88 Å². The van der Waals surface area contributed by atoms with E-state index in [2.05, 4.69) is 5.32 Å². The van der Waals surface area contributed by atoms with E-state index in [0.29, 0.717) is 13.0 Å². The zero-order valence-electron chi connectivity index (χ0n) is 10.6. The van der Waals surface area contributed by atoms with Crippen molar-refractivity contribution in [1.82, 2.24) is 5.32 Å². The molecular weight excluding hydrogens is 314 g/mol. The van der Waals surface area contributed by atoms with Gasteiger partial charge in [0.2, 0.25) is 0 Å². The molecule has 2 heterocycles. The topological polar surface area (TPSA) is 46.2 Å². The first-order chi connectivity index (χ1) is 9.69. The number of rotatable bonds is 3. The fourth-order valence-corrected chi connectivity index (χ4v) is 4.61. The van der Waals surface area contributed by atoms with Gasteiger partial charge in [-0.25, -0.2) is 0 Å². The summed E-state index contributed by atoms with van der Waals surface area (Å²) in [5.41, 5.74) is 0.953. The van der Waals surface area contributed by atoms with Crippen LogP contribution < -0.4 is 5.32 Å². The van der Waals surface area contributed by atoms with E-state index >= 15 is 0 Å². The third kappa shape index (κ3) is 2.57. The molecule has 1 amide bonds. The van der Waals surface area contributed by atoms with Crippen molar-refractivity contribution < 1.29 is 9.59 Å². The van der Waals surface area contributed by atoms with Crippen molar-refractivity contribution in [3.05, 3.63) is 28.6 Å². The molecule has 0 spiro atoms. The van der Waals surface area contributed by atoms with E-state index in [0.717, 1.165) is 31.2 Å². The van der Waals surface area contributed by atoms with Crippen LogP contribution >= 0.6 is 34.7 Å². The molecule has 3 nitrogen and oxygen atoms in total. The van der Waals surface area contributed by atoms with E-state index in [9.17, 15) is 9.59 Å². The van der Waals surface area contributed by atoms with Crippen LogP contribution in [0, 0.1) is 0 Å². The van der Waals surface area contributed by atoms with Crippen LogP contribution in [0.4, 0.5) is 0 Å². The molecule has 2 aromatic rings. The molecule has 20 heavy (non-hydrogen) atoms. The van der Waals surface area contributed by atoms with Gasteiger partial charge in [0, 0.05) is 33.7 Å². The molecule has 1 aromatic carbocycles. The molecule has 0 aliphatic carbocycles. The highest BCUT2D eigenvalue weighted by molar-refractivity contribution is 7.99. The van der Waals surface area contributed by atoms with Gasteiger partial charge in [-0.2, -0.15) is 0 Å². The standard InChI is InChI=1S/C14H12ClNO2S2/c15-7-9(17)5-8-1-2-11-10(6-8)12-13(20-11)14(18)16-3-4-19-12/h1-2,6H,3-5,7H2,(H,16,18). The highest BCUT2D eigenvalue weighted by Crippen LogP contribution is 2.39. The van der Waals surface area contributed by atoms with Crippen LogP contribution in [0.15, 0.2) is 23.1 Å². The van der Waals surface area contributed by atoms with Gasteiger partial charge in [0.25, 0.3) is 5.91 Å². The molecular formula is C14H12ClNO2S2. The second-order valence-corrected chi connectivity index (χ2v) is 6.97. The van der Waals surface area contributed by atoms with Crippen molar-refractivity contribution in [2.75, 3.05) is 18.2 Å². The minimum Gasteiger partial charge on any atom is -0.350 e.